The monoisotopic (exact) mass is 271 g/mol. The number of rotatable bonds is 4. The lowest BCUT2D eigenvalue weighted by Gasteiger charge is -2.56. The van der Waals surface area contributed by atoms with Crippen LogP contribution in [0, 0.1) is 29.6 Å². The van der Waals surface area contributed by atoms with E-state index in [1.54, 1.807) is 18.8 Å². The molecule has 3 heteroatoms. The van der Waals surface area contributed by atoms with Crippen molar-refractivity contribution < 1.29 is 0 Å². The van der Waals surface area contributed by atoms with Crippen molar-refractivity contribution in [1.82, 2.24) is 15.3 Å². The first kappa shape index (κ1) is 12.8. The van der Waals surface area contributed by atoms with Gasteiger partial charge in [0.2, 0.25) is 0 Å². The molecular formula is C17H25N3. The fourth-order valence-electron chi connectivity index (χ4n) is 5.61. The van der Waals surface area contributed by atoms with Crippen LogP contribution in [0.4, 0.5) is 0 Å². The molecule has 1 atom stereocenters. The fraction of sp³-hybridized carbons (Fsp3) is 0.765. The van der Waals surface area contributed by atoms with E-state index in [0.717, 1.165) is 41.8 Å². The number of nitrogens with one attached hydrogen (secondary N) is 1. The van der Waals surface area contributed by atoms with Gasteiger partial charge in [-0.25, -0.2) is 0 Å². The second-order valence-electron chi connectivity index (χ2n) is 7.37. The molecule has 0 aliphatic heterocycles. The largest absolute Gasteiger partial charge is 0.308 e. The Morgan fingerprint density at radius 3 is 2.40 bits per heavy atom. The van der Waals surface area contributed by atoms with Gasteiger partial charge in [0.25, 0.3) is 0 Å². The summed E-state index contributed by atoms with van der Waals surface area (Å²) < 4.78 is 0. The highest BCUT2D eigenvalue weighted by atomic mass is 14.9. The van der Waals surface area contributed by atoms with Crippen LogP contribution in [0.2, 0.25) is 0 Å². The summed E-state index contributed by atoms with van der Waals surface area (Å²) in [6.07, 6.45) is 13.0. The highest BCUT2D eigenvalue weighted by Crippen LogP contribution is 2.57. The third-order valence-electron chi connectivity index (χ3n) is 6.10. The van der Waals surface area contributed by atoms with Gasteiger partial charge in [-0.15, -0.1) is 0 Å². The van der Waals surface area contributed by atoms with Crippen LogP contribution >= 0.6 is 0 Å². The second kappa shape index (κ2) is 5.10. The summed E-state index contributed by atoms with van der Waals surface area (Å²) >= 11 is 0. The Kier molecular flexibility index (Phi) is 3.25. The van der Waals surface area contributed by atoms with Crippen LogP contribution in [0.3, 0.4) is 0 Å². The standard InChI is InChI=1S/C17H25N3/c1-11(20-10-16-9-18-2-3-19-16)17-14-5-12-4-13(7-14)8-15(17)6-12/h2-3,9,11-15,17,20H,4-8,10H2,1H3. The molecule has 4 aliphatic rings. The van der Waals surface area contributed by atoms with E-state index in [0.29, 0.717) is 6.04 Å². The van der Waals surface area contributed by atoms with Gasteiger partial charge in [-0.3, -0.25) is 9.97 Å². The Hall–Kier alpha value is -0.960. The Balaban J connectivity index is 1.40. The molecule has 0 radical (unpaired) electrons. The average molecular weight is 271 g/mol. The van der Waals surface area contributed by atoms with E-state index < -0.39 is 0 Å². The first-order valence-corrected chi connectivity index (χ1v) is 8.28. The van der Waals surface area contributed by atoms with Gasteiger partial charge in [0.1, 0.15) is 0 Å². The Labute approximate surface area is 121 Å². The molecule has 1 heterocycles. The molecule has 20 heavy (non-hydrogen) atoms. The fourth-order valence-corrected chi connectivity index (χ4v) is 5.61. The lowest BCUT2D eigenvalue weighted by molar-refractivity contribution is -0.0494. The maximum atomic E-state index is 4.36. The normalized spacial score (nSPS) is 40.0. The molecule has 0 amide bonds. The third-order valence-corrected chi connectivity index (χ3v) is 6.10. The van der Waals surface area contributed by atoms with Crippen molar-refractivity contribution in [3.05, 3.63) is 24.3 Å². The average Bonchev–Trinajstić information content (AvgIpc) is 2.45. The van der Waals surface area contributed by atoms with Crippen molar-refractivity contribution >= 4 is 0 Å². The zero-order chi connectivity index (χ0) is 13.5. The summed E-state index contributed by atoms with van der Waals surface area (Å²) in [5.41, 5.74) is 1.06. The zero-order valence-electron chi connectivity index (χ0n) is 12.3. The summed E-state index contributed by atoms with van der Waals surface area (Å²) in [6.45, 7) is 3.25. The van der Waals surface area contributed by atoms with Crippen LogP contribution in [0.1, 0.15) is 44.7 Å². The van der Waals surface area contributed by atoms with Crippen LogP contribution in [0.5, 0.6) is 0 Å². The minimum Gasteiger partial charge on any atom is -0.308 e. The summed E-state index contributed by atoms with van der Waals surface area (Å²) in [6, 6.07) is 0.618. The molecule has 4 saturated carbocycles. The molecule has 1 unspecified atom stereocenters. The van der Waals surface area contributed by atoms with Gasteiger partial charge in [0.05, 0.1) is 5.69 Å². The topological polar surface area (TPSA) is 37.8 Å². The van der Waals surface area contributed by atoms with Crippen molar-refractivity contribution in [2.24, 2.45) is 29.6 Å². The summed E-state index contributed by atoms with van der Waals surface area (Å²) in [5, 5.41) is 3.72. The first-order chi connectivity index (χ1) is 9.79. The minimum absolute atomic E-state index is 0.618. The maximum absolute atomic E-state index is 4.36. The van der Waals surface area contributed by atoms with Crippen LogP contribution in [0.15, 0.2) is 18.6 Å². The predicted molar refractivity (Wildman–Crippen MR) is 78.9 cm³/mol. The Morgan fingerprint density at radius 1 is 1.10 bits per heavy atom. The minimum atomic E-state index is 0.618. The Bertz CT molecular complexity index is 431. The molecule has 0 spiro atoms. The van der Waals surface area contributed by atoms with E-state index in [4.69, 9.17) is 0 Å². The summed E-state index contributed by atoms with van der Waals surface area (Å²) in [5.74, 6) is 5.03. The van der Waals surface area contributed by atoms with Crippen molar-refractivity contribution in [3.63, 3.8) is 0 Å². The molecule has 4 aliphatic carbocycles. The molecule has 0 aromatic carbocycles. The molecule has 0 saturated heterocycles. The summed E-state index contributed by atoms with van der Waals surface area (Å²) in [7, 11) is 0. The second-order valence-corrected chi connectivity index (χ2v) is 7.37. The highest BCUT2D eigenvalue weighted by molar-refractivity contribution is 5.01. The highest BCUT2D eigenvalue weighted by Gasteiger charge is 2.49. The summed E-state index contributed by atoms with van der Waals surface area (Å²) in [4.78, 5) is 8.51. The van der Waals surface area contributed by atoms with E-state index in [1.807, 2.05) is 6.20 Å². The molecule has 4 fully saturated rings. The van der Waals surface area contributed by atoms with Gasteiger partial charge in [0.15, 0.2) is 0 Å². The SMILES string of the molecule is CC(NCc1cnccn1)C1C2CC3CC(C2)CC1C3. The van der Waals surface area contributed by atoms with Gasteiger partial charge in [0, 0.05) is 31.2 Å². The van der Waals surface area contributed by atoms with Gasteiger partial charge >= 0.3 is 0 Å². The maximum Gasteiger partial charge on any atom is 0.0724 e. The van der Waals surface area contributed by atoms with E-state index in [9.17, 15) is 0 Å². The molecular weight excluding hydrogens is 246 g/mol. The molecule has 4 bridgehead atoms. The van der Waals surface area contributed by atoms with Gasteiger partial charge in [-0.2, -0.15) is 0 Å². The predicted octanol–water partition coefficient (Wildman–Crippen LogP) is 3.03. The molecule has 3 nitrogen and oxygen atoms in total. The lowest BCUT2D eigenvalue weighted by atomic mass is 9.50. The molecule has 1 aromatic heterocycles. The first-order valence-electron chi connectivity index (χ1n) is 8.28. The zero-order valence-corrected chi connectivity index (χ0v) is 12.3. The van der Waals surface area contributed by atoms with Crippen molar-refractivity contribution in [2.75, 3.05) is 0 Å². The molecule has 5 rings (SSSR count). The van der Waals surface area contributed by atoms with Gasteiger partial charge < -0.3 is 5.32 Å². The van der Waals surface area contributed by atoms with Crippen LogP contribution in [-0.2, 0) is 6.54 Å². The molecule has 108 valence electrons. The number of nitrogens with zero attached hydrogens (tertiary/aromatic N) is 2. The van der Waals surface area contributed by atoms with E-state index >= 15 is 0 Å². The molecule has 1 aromatic rings. The van der Waals surface area contributed by atoms with Gasteiger partial charge in [-0.1, -0.05) is 0 Å². The number of aromatic nitrogens is 2. The smallest absolute Gasteiger partial charge is 0.0724 e. The quantitative estimate of drug-likeness (QED) is 0.914. The van der Waals surface area contributed by atoms with Crippen molar-refractivity contribution in [1.29, 1.82) is 0 Å². The van der Waals surface area contributed by atoms with Crippen LogP contribution in [0.25, 0.3) is 0 Å². The van der Waals surface area contributed by atoms with Crippen LogP contribution < -0.4 is 5.32 Å². The number of hydrogen-bond acceptors (Lipinski definition) is 3. The molecule has 1 N–H and O–H groups in total. The Morgan fingerprint density at radius 2 is 1.80 bits per heavy atom. The van der Waals surface area contributed by atoms with E-state index in [1.165, 1.54) is 25.7 Å². The van der Waals surface area contributed by atoms with Gasteiger partial charge in [-0.05, 0) is 68.6 Å². The number of hydrogen-bond donors (Lipinski definition) is 1. The van der Waals surface area contributed by atoms with E-state index in [2.05, 4.69) is 22.2 Å². The van der Waals surface area contributed by atoms with Crippen LogP contribution in [-0.4, -0.2) is 16.0 Å². The van der Waals surface area contributed by atoms with Crippen molar-refractivity contribution in [2.45, 2.75) is 51.6 Å². The van der Waals surface area contributed by atoms with Crippen molar-refractivity contribution in [3.8, 4) is 0 Å². The third kappa shape index (κ3) is 2.26. The van der Waals surface area contributed by atoms with E-state index in [-0.39, 0.29) is 0 Å². The lowest BCUT2D eigenvalue weighted by Crippen LogP contribution is -2.51.